The van der Waals surface area contributed by atoms with Gasteiger partial charge >= 0.3 is 0 Å². The summed E-state index contributed by atoms with van der Waals surface area (Å²) in [4.78, 5) is 0. The number of nitrogens with one attached hydrogen (secondary N) is 2. The van der Waals surface area contributed by atoms with E-state index >= 15 is 0 Å². The summed E-state index contributed by atoms with van der Waals surface area (Å²) in [6, 6.07) is 6.69. The summed E-state index contributed by atoms with van der Waals surface area (Å²) in [6.45, 7) is 5.08. The Morgan fingerprint density at radius 3 is 2.55 bits per heavy atom. The highest BCUT2D eigenvalue weighted by Crippen LogP contribution is 2.14. The molecule has 1 unspecified atom stereocenters. The maximum Gasteiger partial charge on any atom is 0.277 e. The van der Waals surface area contributed by atoms with E-state index in [9.17, 15) is 8.42 Å². The van der Waals surface area contributed by atoms with E-state index in [2.05, 4.69) is 21.3 Å². The highest BCUT2D eigenvalue weighted by Gasteiger charge is 2.16. The summed E-state index contributed by atoms with van der Waals surface area (Å²) in [7, 11) is -3.53. The van der Waals surface area contributed by atoms with Crippen molar-refractivity contribution in [2.75, 3.05) is 6.61 Å². The van der Waals surface area contributed by atoms with Gasteiger partial charge in [0.2, 0.25) is 0 Å². The first-order valence-corrected chi connectivity index (χ1v) is 7.81. The molecular weight excluding hydrogens is 276 g/mol. The van der Waals surface area contributed by atoms with E-state index < -0.39 is 10.2 Å². The monoisotopic (exact) mass is 296 g/mol. The van der Waals surface area contributed by atoms with E-state index in [1.54, 1.807) is 39.0 Å². The topological polar surface area (TPSA) is 78.4 Å². The van der Waals surface area contributed by atoms with Crippen LogP contribution >= 0.6 is 0 Å². The van der Waals surface area contributed by atoms with Gasteiger partial charge in [0.15, 0.2) is 0 Å². The molecule has 6 heteroatoms. The second-order valence-electron chi connectivity index (χ2n) is 4.70. The van der Waals surface area contributed by atoms with Crippen LogP contribution in [-0.4, -0.2) is 26.2 Å². The number of benzene rings is 1. The zero-order valence-corrected chi connectivity index (χ0v) is 12.7. The summed E-state index contributed by atoms with van der Waals surface area (Å²) in [5.74, 6) is 5.35. The highest BCUT2D eigenvalue weighted by atomic mass is 32.2. The Bertz CT molecular complexity index is 600. The molecule has 3 N–H and O–H groups in total. The third kappa shape index (κ3) is 5.72. The van der Waals surface area contributed by atoms with Crippen LogP contribution < -0.4 is 9.44 Å². The predicted molar refractivity (Wildman–Crippen MR) is 79.1 cm³/mol. The van der Waals surface area contributed by atoms with Crippen LogP contribution in [0.5, 0.6) is 0 Å². The molecule has 0 bridgehead atoms. The van der Waals surface area contributed by atoms with Gasteiger partial charge < -0.3 is 5.11 Å². The first kappa shape index (κ1) is 16.7. The molecule has 0 amide bonds. The van der Waals surface area contributed by atoms with Crippen LogP contribution in [0.1, 0.15) is 37.9 Å². The molecule has 1 atom stereocenters. The van der Waals surface area contributed by atoms with Crippen LogP contribution in [0.25, 0.3) is 0 Å². The van der Waals surface area contributed by atoms with Gasteiger partial charge in [0, 0.05) is 17.6 Å². The van der Waals surface area contributed by atoms with E-state index in [-0.39, 0.29) is 18.7 Å². The van der Waals surface area contributed by atoms with Crippen molar-refractivity contribution in [2.24, 2.45) is 0 Å². The summed E-state index contributed by atoms with van der Waals surface area (Å²) in [6.07, 6.45) is 0. The number of rotatable bonds is 5. The van der Waals surface area contributed by atoms with Gasteiger partial charge in [0.05, 0.1) is 0 Å². The lowest BCUT2D eigenvalue weighted by molar-refractivity contribution is 0.350. The van der Waals surface area contributed by atoms with Crippen molar-refractivity contribution in [1.29, 1.82) is 0 Å². The number of hydrogen-bond acceptors (Lipinski definition) is 3. The van der Waals surface area contributed by atoms with Crippen LogP contribution in [0.2, 0.25) is 0 Å². The quantitative estimate of drug-likeness (QED) is 0.707. The summed E-state index contributed by atoms with van der Waals surface area (Å²) in [5.41, 5.74) is 1.54. The SMILES string of the molecule is CC(C)NS(=O)(=O)NC(C)c1cccc(C#CCO)c1. The van der Waals surface area contributed by atoms with E-state index in [1.165, 1.54) is 0 Å². The molecule has 5 nitrogen and oxygen atoms in total. The van der Waals surface area contributed by atoms with Crippen molar-refractivity contribution in [1.82, 2.24) is 9.44 Å². The zero-order chi connectivity index (χ0) is 15.2. The van der Waals surface area contributed by atoms with Gasteiger partial charge in [-0.2, -0.15) is 17.9 Å². The van der Waals surface area contributed by atoms with Gasteiger partial charge in [-0.05, 0) is 38.5 Å². The molecule has 20 heavy (non-hydrogen) atoms. The molecule has 1 aromatic carbocycles. The molecule has 0 spiro atoms. The predicted octanol–water partition coefficient (Wildman–Crippen LogP) is 0.924. The fourth-order valence-electron chi connectivity index (χ4n) is 1.67. The van der Waals surface area contributed by atoms with Crippen LogP contribution in [0, 0.1) is 11.8 Å². The van der Waals surface area contributed by atoms with Crippen LogP contribution in [-0.2, 0) is 10.2 Å². The smallest absolute Gasteiger partial charge is 0.277 e. The summed E-state index contributed by atoms with van der Waals surface area (Å²) in [5, 5.41) is 8.67. The molecule has 0 aliphatic heterocycles. The van der Waals surface area contributed by atoms with Crippen molar-refractivity contribution in [3.63, 3.8) is 0 Å². The molecular formula is C14H20N2O3S. The number of aliphatic hydroxyl groups excluding tert-OH is 1. The van der Waals surface area contributed by atoms with Crippen LogP contribution in [0.3, 0.4) is 0 Å². The molecule has 0 fully saturated rings. The zero-order valence-electron chi connectivity index (χ0n) is 11.8. The summed E-state index contributed by atoms with van der Waals surface area (Å²) < 4.78 is 28.6. The van der Waals surface area contributed by atoms with E-state index in [0.29, 0.717) is 0 Å². The van der Waals surface area contributed by atoms with Gasteiger partial charge in [-0.1, -0.05) is 24.0 Å². The Hall–Kier alpha value is -1.39. The first-order valence-electron chi connectivity index (χ1n) is 6.33. The van der Waals surface area contributed by atoms with Gasteiger partial charge in [-0.3, -0.25) is 0 Å². The molecule has 0 aliphatic carbocycles. The molecule has 1 aromatic rings. The summed E-state index contributed by atoms with van der Waals surface area (Å²) >= 11 is 0. The molecule has 0 saturated carbocycles. The average Bonchev–Trinajstić information content (AvgIpc) is 2.34. The van der Waals surface area contributed by atoms with E-state index in [4.69, 9.17) is 5.11 Å². The molecule has 1 rings (SSSR count). The molecule has 0 aliphatic rings. The maximum atomic E-state index is 11.8. The van der Waals surface area contributed by atoms with Gasteiger partial charge in [-0.15, -0.1) is 0 Å². The van der Waals surface area contributed by atoms with Crippen molar-refractivity contribution in [3.05, 3.63) is 35.4 Å². The second kappa shape index (κ2) is 7.41. The minimum atomic E-state index is -3.53. The lowest BCUT2D eigenvalue weighted by Crippen LogP contribution is -2.41. The largest absolute Gasteiger partial charge is 0.384 e. The Morgan fingerprint density at radius 2 is 1.95 bits per heavy atom. The first-order chi connectivity index (χ1) is 9.34. The Balaban J connectivity index is 2.85. The number of aliphatic hydroxyl groups is 1. The minimum Gasteiger partial charge on any atom is -0.384 e. The van der Waals surface area contributed by atoms with Crippen molar-refractivity contribution in [2.45, 2.75) is 32.9 Å². The molecule has 0 aromatic heterocycles. The lowest BCUT2D eigenvalue weighted by Gasteiger charge is -2.16. The van der Waals surface area contributed by atoms with E-state index in [1.807, 2.05) is 6.07 Å². The normalized spacial score (nSPS) is 12.8. The van der Waals surface area contributed by atoms with Crippen molar-refractivity contribution in [3.8, 4) is 11.8 Å². The van der Waals surface area contributed by atoms with Crippen molar-refractivity contribution >= 4 is 10.2 Å². The Kier molecular flexibility index (Phi) is 6.17. The van der Waals surface area contributed by atoms with Crippen LogP contribution in [0.15, 0.2) is 24.3 Å². The molecule has 110 valence electrons. The fraction of sp³-hybridized carbons (Fsp3) is 0.429. The van der Waals surface area contributed by atoms with Crippen molar-refractivity contribution < 1.29 is 13.5 Å². The Labute approximate surface area is 120 Å². The van der Waals surface area contributed by atoms with Gasteiger partial charge in [-0.25, -0.2) is 0 Å². The van der Waals surface area contributed by atoms with Crippen LogP contribution in [0.4, 0.5) is 0 Å². The maximum absolute atomic E-state index is 11.8. The minimum absolute atomic E-state index is 0.165. The average molecular weight is 296 g/mol. The third-order valence-corrected chi connectivity index (χ3v) is 3.87. The third-order valence-electron chi connectivity index (χ3n) is 2.42. The Morgan fingerprint density at radius 1 is 1.25 bits per heavy atom. The fourth-order valence-corrected chi connectivity index (χ4v) is 2.96. The standard InChI is InChI=1S/C14H20N2O3S/c1-11(2)15-20(18,19)16-12(3)14-8-4-6-13(10-14)7-5-9-17/h4,6,8,10-12,15-17H,9H2,1-3H3. The second-order valence-corrected chi connectivity index (χ2v) is 6.18. The molecule has 0 radical (unpaired) electrons. The van der Waals surface area contributed by atoms with E-state index in [0.717, 1.165) is 11.1 Å². The van der Waals surface area contributed by atoms with Gasteiger partial charge in [0.25, 0.3) is 10.2 Å². The number of hydrogen-bond donors (Lipinski definition) is 3. The molecule has 0 saturated heterocycles. The van der Waals surface area contributed by atoms with Gasteiger partial charge in [0.1, 0.15) is 6.61 Å². The molecule has 0 heterocycles. The highest BCUT2D eigenvalue weighted by molar-refractivity contribution is 7.87. The lowest BCUT2D eigenvalue weighted by atomic mass is 10.1.